The van der Waals surface area contributed by atoms with Crippen LogP contribution in [-0.4, -0.2) is 25.2 Å². The van der Waals surface area contributed by atoms with Crippen molar-refractivity contribution in [2.45, 2.75) is 44.5 Å². The molecule has 0 amide bonds. The van der Waals surface area contributed by atoms with Crippen molar-refractivity contribution in [1.82, 2.24) is 0 Å². The second-order valence-corrected chi connectivity index (χ2v) is 5.18. The summed E-state index contributed by atoms with van der Waals surface area (Å²) in [7, 11) is 1.72. The molecule has 0 saturated heterocycles. The standard InChI is InChI=1S/C15H21FN2O2/c1-19-12-3-2-4-13(8-12)20-9-11-6-5-10(15(17)18)7-14(11)16/h5-7,12-13H,2-4,8-9H2,1H3,(H3,17,18). The summed E-state index contributed by atoms with van der Waals surface area (Å²) in [5.41, 5.74) is 6.21. The summed E-state index contributed by atoms with van der Waals surface area (Å²) in [5, 5.41) is 7.27. The topological polar surface area (TPSA) is 68.3 Å². The summed E-state index contributed by atoms with van der Waals surface area (Å²) in [6.45, 7) is 0.241. The van der Waals surface area contributed by atoms with Crippen LogP contribution in [0.3, 0.4) is 0 Å². The van der Waals surface area contributed by atoms with Crippen LogP contribution in [0.4, 0.5) is 4.39 Å². The SMILES string of the molecule is COC1CCCC(OCc2ccc(C(=N)N)cc2F)C1. The van der Waals surface area contributed by atoms with E-state index in [2.05, 4.69) is 0 Å². The normalized spacial score (nSPS) is 22.7. The lowest BCUT2D eigenvalue weighted by Crippen LogP contribution is -2.27. The van der Waals surface area contributed by atoms with E-state index < -0.39 is 0 Å². The fourth-order valence-electron chi connectivity index (χ4n) is 2.51. The van der Waals surface area contributed by atoms with Crippen molar-refractivity contribution in [3.8, 4) is 0 Å². The maximum atomic E-state index is 13.9. The van der Waals surface area contributed by atoms with Crippen LogP contribution in [0.1, 0.15) is 36.8 Å². The molecular weight excluding hydrogens is 259 g/mol. The maximum Gasteiger partial charge on any atom is 0.129 e. The monoisotopic (exact) mass is 280 g/mol. The highest BCUT2D eigenvalue weighted by Crippen LogP contribution is 2.24. The highest BCUT2D eigenvalue weighted by molar-refractivity contribution is 5.94. The molecule has 4 nitrogen and oxygen atoms in total. The average molecular weight is 280 g/mol. The summed E-state index contributed by atoms with van der Waals surface area (Å²) in [4.78, 5) is 0. The van der Waals surface area contributed by atoms with Gasteiger partial charge in [0.25, 0.3) is 0 Å². The van der Waals surface area contributed by atoms with Gasteiger partial charge in [0.05, 0.1) is 18.8 Å². The van der Waals surface area contributed by atoms with Gasteiger partial charge in [0.2, 0.25) is 0 Å². The molecule has 0 aliphatic heterocycles. The first-order chi connectivity index (χ1) is 9.60. The average Bonchev–Trinajstić information content (AvgIpc) is 2.46. The van der Waals surface area contributed by atoms with Crippen LogP contribution < -0.4 is 5.73 Å². The number of ether oxygens (including phenoxy) is 2. The first kappa shape index (κ1) is 14.9. The van der Waals surface area contributed by atoms with E-state index in [1.165, 1.54) is 6.07 Å². The minimum Gasteiger partial charge on any atom is -0.384 e. The molecule has 0 radical (unpaired) electrons. The molecule has 110 valence electrons. The Morgan fingerprint density at radius 1 is 1.40 bits per heavy atom. The number of amidine groups is 1. The molecule has 2 atom stereocenters. The number of hydrogen-bond donors (Lipinski definition) is 2. The van der Waals surface area contributed by atoms with Gasteiger partial charge in [0.15, 0.2) is 0 Å². The van der Waals surface area contributed by atoms with Crippen molar-refractivity contribution >= 4 is 5.84 Å². The molecule has 0 bridgehead atoms. The Hall–Kier alpha value is -1.46. The van der Waals surface area contributed by atoms with Crippen LogP contribution in [0.2, 0.25) is 0 Å². The quantitative estimate of drug-likeness (QED) is 0.643. The van der Waals surface area contributed by atoms with Crippen molar-refractivity contribution in [1.29, 1.82) is 5.41 Å². The van der Waals surface area contributed by atoms with Crippen LogP contribution in [0.25, 0.3) is 0 Å². The van der Waals surface area contributed by atoms with Gasteiger partial charge in [-0.15, -0.1) is 0 Å². The summed E-state index contributed by atoms with van der Waals surface area (Å²) in [6, 6.07) is 4.55. The molecule has 20 heavy (non-hydrogen) atoms. The summed E-state index contributed by atoms with van der Waals surface area (Å²) < 4.78 is 25.0. The molecule has 3 N–H and O–H groups in total. The molecule has 1 aromatic carbocycles. The van der Waals surface area contributed by atoms with Gasteiger partial charge in [-0.25, -0.2) is 4.39 Å². The van der Waals surface area contributed by atoms with Gasteiger partial charge in [-0.3, -0.25) is 5.41 Å². The van der Waals surface area contributed by atoms with Crippen molar-refractivity contribution in [3.63, 3.8) is 0 Å². The van der Waals surface area contributed by atoms with E-state index >= 15 is 0 Å². The van der Waals surface area contributed by atoms with Crippen molar-refractivity contribution in [3.05, 3.63) is 35.1 Å². The number of hydrogen-bond acceptors (Lipinski definition) is 3. The molecule has 0 heterocycles. The third kappa shape index (κ3) is 3.77. The van der Waals surface area contributed by atoms with Crippen molar-refractivity contribution in [2.24, 2.45) is 5.73 Å². The number of halogens is 1. The molecule has 5 heteroatoms. The van der Waals surface area contributed by atoms with Crippen molar-refractivity contribution < 1.29 is 13.9 Å². The lowest BCUT2D eigenvalue weighted by atomic mass is 9.95. The Kier molecular flexibility index (Phi) is 5.09. The predicted octanol–water partition coefficient (Wildman–Crippen LogP) is 2.58. The zero-order chi connectivity index (χ0) is 14.5. The largest absolute Gasteiger partial charge is 0.384 e. The van der Waals surface area contributed by atoms with E-state index in [1.807, 2.05) is 0 Å². The Morgan fingerprint density at radius 3 is 2.80 bits per heavy atom. The van der Waals surface area contributed by atoms with E-state index in [1.54, 1.807) is 19.2 Å². The molecule has 1 aromatic rings. The lowest BCUT2D eigenvalue weighted by molar-refractivity contribution is -0.0369. The van der Waals surface area contributed by atoms with E-state index in [4.69, 9.17) is 20.6 Å². The first-order valence-electron chi connectivity index (χ1n) is 6.87. The van der Waals surface area contributed by atoms with Crippen molar-refractivity contribution in [2.75, 3.05) is 7.11 Å². The minimum absolute atomic E-state index is 0.126. The van der Waals surface area contributed by atoms with E-state index in [-0.39, 0.29) is 30.5 Å². The Labute approximate surface area is 118 Å². The molecule has 2 rings (SSSR count). The zero-order valence-electron chi connectivity index (χ0n) is 11.7. The third-order valence-electron chi connectivity index (χ3n) is 3.75. The van der Waals surface area contributed by atoms with Gasteiger partial charge < -0.3 is 15.2 Å². The molecule has 1 fully saturated rings. The van der Waals surface area contributed by atoms with Gasteiger partial charge in [-0.1, -0.05) is 12.1 Å². The number of nitrogens with one attached hydrogen (secondary N) is 1. The number of nitrogen functional groups attached to an aromatic ring is 1. The Balaban J connectivity index is 1.92. The smallest absolute Gasteiger partial charge is 0.129 e. The lowest BCUT2D eigenvalue weighted by Gasteiger charge is -2.28. The highest BCUT2D eigenvalue weighted by atomic mass is 19.1. The van der Waals surface area contributed by atoms with Crippen LogP contribution in [0.5, 0.6) is 0 Å². The second kappa shape index (κ2) is 6.81. The fourth-order valence-corrected chi connectivity index (χ4v) is 2.51. The highest BCUT2D eigenvalue weighted by Gasteiger charge is 2.22. The number of rotatable bonds is 5. The van der Waals surface area contributed by atoms with Crippen LogP contribution in [-0.2, 0) is 16.1 Å². The van der Waals surface area contributed by atoms with Crippen LogP contribution in [0.15, 0.2) is 18.2 Å². The predicted molar refractivity (Wildman–Crippen MR) is 75.3 cm³/mol. The molecule has 2 unspecified atom stereocenters. The molecular formula is C15H21FN2O2. The first-order valence-corrected chi connectivity index (χ1v) is 6.87. The Bertz CT molecular complexity index is 479. The van der Waals surface area contributed by atoms with Crippen LogP contribution in [0, 0.1) is 11.2 Å². The van der Waals surface area contributed by atoms with E-state index in [0.29, 0.717) is 11.1 Å². The molecule has 1 saturated carbocycles. The van der Waals surface area contributed by atoms with Gasteiger partial charge in [0.1, 0.15) is 11.7 Å². The van der Waals surface area contributed by atoms with Gasteiger partial charge in [0, 0.05) is 18.2 Å². The number of benzene rings is 1. The summed E-state index contributed by atoms with van der Waals surface area (Å²) in [6.07, 6.45) is 4.38. The van der Waals surface area contributed by atoms with Crippen LogP contribution >= 0.6 is 0 Å². The summed E-state index contributed by atoms with van der Waals surface area (Å²) >= 11 is 0. The molecule has 0 aromatic heterocycles. The number of nitrogens with two attached hydrogens (primary N) is 1. The Morgan fingerprint density at radius 2 is 2.15 bits per heavy atom. The fraction of sp³-hybridized carbons (Fsp3) is 0.533. The molecule has 1 aliphatic carbocycles. The van der Waals surface area contributed by atoms with Gasteiger partial charge >= 0.3 is 0 Å². The van der Waals surface area contributed by atoms with Gasteiger partial charge in [-0.05, 0) is 31.7 Å². The molecule has 0 spiro atoms. The van der Waals surface area contributed by atoms with E-state index in [0.717, 1.165) is 25.7 Å². The third-order valence-corrected chi connectivity index (χ3v) is 3.75. The summed E-state index contributed by atoms with van der Waals surface area (Å²) in [5.74, 6) is -0.511. The second-order valence-electron chi connectivity index (χ2n) is 5.18. The molecule has 1 aliphatic rings. The van der Waals surface area contributed by atoms with Gasteiger partial charge in [-0.2, -0.15) is 0 Å². The maximum absolute atomic E-state index is 13.9. The zero-order valence-corrected chi connectivity index (χ0v) is 11.7. The van der Waals surface area contributed by atoms with E-state index in [9.17, 15) is 4.39 Å². The number of methoxy groups -OCH3 is 1. The minimum atomic E-state index is -0.378.